The molecule has 0 spiro atoms. The summed E-state index contributed by atoms with van der Waals surface area (Å²) >= 11 is 0. The van der Waals surface area contributed by atoms with Crippen LogP contribution in [0.1, 0.15) is 25.6 Å². The van der Waals surface area contributed by atoms with Crippen LogP contribution in [0.25, 0.3) is 0 Å². The monoisotopic (exact) mass is 154 g/mol. The van der Waals surface area contributed by atoms with Gasteiger partial charge in [-0.2, -0.15) is 0 Å². The third-order valence-corrected chi connectivity index (χ3v) is 1.29. The molecule has 0 amide bonds. The van der Waals surface area contributed by atoms with Gasteiger partial charge in [0.15, 0.2) is 0 Å². The first-order chi connectivity index (χ1) is 5.09. The van der Waals surface area contributed by atoms with Gasteiger partial charge in [0.05, 0.1) is 6.07 Å². The quantitative estimate of drug-likeness (QED) is 0.622. The summed E-state index contributed by atoms with van der Waals surface area (Å²) in [4.78, 5) is 17.0. The zero-order valence-corrected chi connectivity index (χ0v) is 6.46. The first kappa shape index (κ1) is 7.78. The lowest BCUT2D eigenvalue weighted by molar-refractivity contribution is 0.446. The Morgan fingerprint density at radius 1 is 1.64 bits per heavy atom. The summed E-state index contributed by atoms with van der Waals surface area (Å²) < 4.78 is 0. The van der Waals surface area contributed by atoms with E-state index in [2.05, 4.69) is 9.97 Å². The highest BCUT2D eigenvalue weighted by Gasteiger charge is 2.02. The fraction of sp³-hybridized carbons (Fsp3) is 0.429. The highest BCUT2D eigenvalue weighted by atomic mass is 16.3. The summed E-state index contributed by atoms with van der Waals surface area (Å²) in [7, 11) is 0. The SMILES string of the molecule is CC(C)c1nc(O)cc(=O)[nH]1. The molecule has 0 saturated heterocycles. The van der Waals surface area contributed by atoms with Crippen molar-refractivity contribution in [3.8, 4) is 5.88 Å². The lowest BCUT2D eigenvalue weighted by Gasteiger charge is -2.02. The minimum absolute atomic E-state index is 0.120. The summed E-state index contributed by atoms with van der Waals surface area (Å²) in [6.07, 6.45) is 0. The van der Waals surface area contributed by atoms with Crippen molar-refractivity contribution in [2.45, 2.75) is 19.8 Å². The first-order valence-electron chi connectivity index (χ1n) is 3.40. The third-order valence-electron chi connectivity index (χ3n) is 1.29. The van der Waals surface area contributed by atoms with Crippen LogP contribution in [-0.2, 0) is 0 Å². The van der Waals surface area contributed by atoms with Crippen molar-refractivity contribution in [3.63, 3.8) is 0 Å². The maximum atomic E-state index is 10.8. The lowest BCUT2D eigenvalue weighted by atomic mass is 10.2. The molecule has 2 N–H and O–H groups in total. The van der Waals surface area contributed by atoms with E-state index in [1.807, 2.05) is 13.8 Å². The molecular formula is C7H10N2O2. The van der Waals surface area contributed by atoms with Crippen molar-refractivity contribution in [2.75, 3.05) is 0 Å². The highest BCUT2D eigenvalue weighted by Crippen LogP contribution is 2.08. The van der Waals surface area contributed by atoms with Gasteiger partial charge in [0.2, 0.25) is 5.88 Å². The first-order valence-corrected chi connectivity index (χ1v) is 3.40. The molecule has 0 fully saturated rings. The molecule has 60 valence electrons. The van der Waals surface area contributed by atoms with Gasteiger partial charge < -0.3 is 10.1 Å². The van der Waals surface area contributed by atoms with Crippen molar-refractivity contribution >= 4 is 0 Å². The van der Waals surface area contributed by atoms with E-state index in [1.54, 1.807) is 0 Å². The molecule has 4 nitrogen and oxygen atoms in total. The number of aromatic hydroxyl groups is 1. The molecule has 1 aromatic heterocycles. The molecule has 0 aliphatic heterocycles. The predicted octanol–water partition coefficient (Wildman–Crippen LogP) is 0.599. The average molecular weight is 154 g/mol. The number of hydrogen-bond acceptors (Lipinski definition) is 3. The smallest absolute Gasteiger partial charge is 0.254 e. The number of rotatable bonds is 1. The molecule has 0 unspecified atom stereocenters. The molecule has 0 aliphatic rings. The fourth-order valence-corrected chi connectivity index (χ4v) is 0.737. The van der Waals surface area contributed by atoms with Gasteiger partial charge in [0, 0.05) is 5.92 Å². The van der Waals surface area contributed by atoms with Gasteiger partial charge in [-0.1, -0.05) is 13.8 Å². The second kappa shape index (κ2) is 2.74. The van der Waals surface area contributed by atoms with E-state index < -0.39 is 0 Å². The van der Waals surface area contributed by atoms with E-state index in [1.165, 1.54) is 0 Å². The Balaban J connectivity index is 3.19. The molecule has 0 saturated carbocycles. The fourth-order valence-electron chi connectivity index (χ4n) is 0.737. The summed E-state index contributed by atoms with van der Waals surface area (Å²) in [5.41, 5.74) is -0.318. The number of hydrogen-bond donors (Lipinski definition) is 2. The molecule has 11 heavy (non-hydrogen) atoms. The van der Waals surface area contributed by atoms with E-state index in [9.17, 15) is 4.79 Å². The van der Waals surface area contributed by atoms with Crippen LogP contribution in [0.15, 0.2) is 10.9 Å². The Labute approximate surface area is 63.9 Å². The van der Waals surface area contributed by atoms with Crippen LogP contribution in [0, 0.1) is 0 Å². The number of nitrogens with one attached hydrogen (secondary N) is 1. The average Bonchev–Trinajstić information content (AvgIpc) is 1.85. The van der Waals surface area contributed by atoms with Crippen molar-refractivity contribution < 1.29 is 5.11 Å². The lowest BCUT2D eigenvalue weighted by Crippen LogP contribution is -2.10. The number of H-pyrrole nitrogens is 1. The molecule has 0 atom stereocenters. The summed E-state index contributed by atoms with van der Waals surface area (Å²) in [6.45, 7) is 3.77. The second-order valence-electron chi connectivity index (χ2n) is 2.64. The molecule has 1 aromatic rings. The Morgan fingerprint density at radius 2 is 2.27 bits per heavy atom. The summed E-state index contributed by atoms with van der Waals surface area (Å²) in [6, 6.07) is 1.05. The number of aromatic amines is 1. The molecule has 0 aromatic carbocycles. The van der Waals surface area contributed by atoms with Crippen LogP contribution in [0.3, 0.4) is 0 Å². The predicted molar refractivity (Wildman–Crippen MR) is 40.6 cm³/mol. The van der Waals surface area contributed by atoms with Gasteiger partial charge >= 0.3 is 0 Å². The number of aromatic nitrogens is 2. The van der Waals surface area contributed by atoms with Crippen LogP contribution < -0.4 is 5.56 Å². The molecule has 0 bridgehead atoms. The minimum Gasteiger partial charge on any atom is -0.493 e. The molecule has 1 rings (SSSR count). The molecular weight excluding hydrogens is 144 g/mol. The van der Waals surface area contributed by atoms with Crippen LogP contribution in [0.2, 0.25) is 0 Å². The highest BCUT2D eigenvalue weighted by molar-refractivity contribution is 5.08. The zero-order valence-electron chi connectivity index (χ0n) is 6.46. The van der Waals surface area contributed by atoms with Crippen LogP contribution in [0.5, 0.6) is 5.88 Å². The van der Waals surface area contributed by atoms with Gasteiger partial charge in [-0.15, -0.1) is 0 Å². The van der Waals surface area contributed by atoms with Crippen molar-refractivity contribution in [3.05, 3.63) is 22.2 Å². The van der Waals surface area contributed by atoms with Crippen LogP contribution >= 0.6 is 0 Å². The van der Waals surface area contributed by atoms with E-state index >= 15 is 0 Å². The summed E-state index contributed by atoms with van der Waals surface area (Å²) in [5.74, 6) is 0.405. The van der Waals surface area contributed by atoms with Gasteiger partial charge in [0.1, 0.15) is 5.82 Å². The Kier molecular flexibility index (Phi) is 1.94. The molecule has 1 heterocycles. The topological polar surface area (TPSA) is 66.0 Å². The van der Waals surface area contributed by atoms with Gasteiger partial charge in [-0.25, -0.2) is 4.98 Å². The Bertz CT molecular complexity index is 304. The number of nitrogens with zero attached hydrogens (tertiary/aromatic N) is 1. The van der Waals surface area contributed by atoms with E-state index in [0.717, 1.165) is 6.07 Å². The Morgan fingerprint density at radius 3 is 2.73 bits per heavy atom. The Hall–Kier alpha value is -1.32. The molecule has 4 heteroatoms. The standard InChI is InChI=1S/C7H10N2O2/c1-4(2)7-8-5(10)3-6(11)9-7/h3-4H,1-2H3,(H2,8,9,10,11). The normalized spacial score (nSPS) is 10.5. The summed E-state index contributed by atoms with van der Waals surface area (Å²) in [5, 5.41) is 8.91. The van der Waals surface area contributed by atoms with E-state index in [0.29, 0.717) is 5.82 Å². The van der Waals surface area contributed by atoms with Crippen molar-refractivity contribution in [2.24, 2.45) is 0 Å². The zero-order chi connectivity index (χ0) is 8.43. The van der Waals surface area contributed by atoms with Gasteiger partial charge in [-0.3, -0.25) is 4.79 Å². The maximum Gasteiger partial charge on any atom is 0.254 e. The minimum atomic E-state index is -0.318. The van der Waals surface area contributed by atoms with Crippen molar-refractivity contribution in [1.29, 1.82) is 0 Å². The molecule has 0 aliphatic carbocycles. The van der Waals surface area contributed by atoms with Crippen LogP contribution in [-0.4, -0.2) is 15.1 Å². The second-order valence-corrected chi connectivity index (χ2v) is 2.64. The van der Waals surface area contributed by atoms with Gasteiger partial charge in [-0.05, 0) is 0 Å². The maximum absolute atomic E-state index is 10.8. The third kappa shape index (κ3) is 1.80. The largest absolute Gasteiger partial charge is 0.493 e. The van der Waals surface area contributed by atoms with Crippen molar-refractivity contribution in [1.82, 2.24) is 9.97 Å². The van der Waals surface area contributed by atoms with E-state index in [4.69, 9.17) is 5.11 Å². The van der Waals surface area contributed by atoms with E-state index in [-0.39, 0.29) is 17.4 Å². The van der Waals surface area contributed by atoms with Crippen LogP contribution in [0.4, 0.5) is 0 Å². The molecule has 0 radical (unpaired) electrons. The van der Waals surface area contributed by atoms with Gasteiger partial charge in [0.25, 0.3) is 5.56 Å².